The van der Waals surface area contributed by atoms with E-state index in [2.05, 4.69) is 5.32 Å². The van der Waals surface area contributed by atoms with Crippen molar-refractivity contribution in [3.05, 3.63) is 29.3 Å². The Labute approximate surface area is 165 Å². The fourth-order valence-electron chi connectivity index (χ4n) is 3.96. The fourth-order valence-corrected chi connectivity index (χ4v) is 3.96. The highest BCUT2D eigenvalue weighted by atomic mass is 19.1. The van der Waals surface area contributed by atoms with E-state index >= 15 is 0 Å². The van der Waals surface area contributed by atoms with Gasteiger partial charge in [-0.15, -0.1) is 0 Å². The van der Waals surface area contributed by atoms with Gasteiger partial charge in [0.1, 0.15) is 18.0 Å². The Balaban J connectivity index is 1.41. The zero-order valence-electron chi connectivity index (χ0n) is 16.5. The summed E-state index contributed by atoms with van der Waals surface area (Å²) in [4.78, 5) is 26.1. The number of benzene rings is 1. The summed E-state index contributed by atoms with van der Waals surface area (Å²) in [6, 6.07) is 5.78. The number of halogens is 1. The third-order valence-electron chi connectivity index (χ3n) is 5.89. The molecule has 1 aromatic carbocycles. The summed E-state index contributed by atoms with van der Waals surface area (Å²) in [5, 5.41) is 12.5. The number of hydrogen-bond donors (Lipinski definition) is 2. The van der Waals surface area contributed by atoms with E-state index in [1.165, 1.54) is 4.90 Å². The number of β-amino-alcohol motifs (C(OH)–C–C–N with tert-alkyl or cyclic N) is 1. The molecule has 6 nitrogen and oxygen atoms in total. The lowest BCUT2D eigenvalue weighted by Gasteiger charge is -2.30. The molecule has 28 heavy (non-hydrogen) atoms. The molecule has 1 heterocycles. The second-order valence-electron chi connectivity index (χ2n) is 7.93. The molecule has 0 unspecified atom stereocenters. The molecule has 2 N–H and O–H groups in total. The second kappa shape index (κ2) is 8.90. The van der Waals surface area contributed by atoms with Gasteiger partial charge in [-0.3, -0.25) is 9.59 Å². The van der Waals surface area contributed by atoms with Crippen LogP contribution < -0.4 is 10.1 Å². The molecule has 0 aromatic heterocycles. The number of aryl methyl sites for hydroxylation is 1. The van der Waals surface area contributed by atoms with Crippen molar-refractivity contribution >= 4 is 11.8 Å². The highest BCUT2D eigenvalue weighted by molar-refractivity contribution is 5.80. The summed E-state index contributed by atoms with van der Waals surface area (Å²) in [7, 11) is 0. The minimum Gasteiger partial charge on any atom is -0.483 e. The van der Waals surface area contributed by atoms with Crippen molar-refractivity contribution < 1.29 is 23.8 Å². The lowest BCUT2D eigenvalue weighted by Crippen LogP contribution is -2.43. The van der Waals surface area contributed by atoms with E-state index in [9.17, 15) is 19.1 Å². The molecule has 2 aliphatic rings. The summed E-state index contributed by atoms with van der Waals surface area (Å²) in [6.45, 7) is 3.98. The first-order valence-electron chi connectivity index (χ1n) is 9.94. The number of nitrogens with zero attached hydrogens (tertiary/aromatic N) is 1. The molecule has 0 spiro atoms. The van der Waals surface area contributed by atoms with Crippen LogP contribution in [0.1, 0.15) is 36.8 Å². The average Bonchev–Trinajstić information content (AvgIpc) is 3.02. The van der Waals surface area contributed by atoms with Crippen LogP contribution in [0.4, 0.5) is 4.39 Å². The largest absolute Gasteiger partial charge is 0.483 e. The third kappa shape index (κ3) is 4.82. The monoisotopic (exact) mass is 392 g/mol. The second-order valence-corrected chi connectivity index (χ2v) is 7.93. The van der Waals surface area contributed by atoms with Crippen molar-refractivity contribution in [2.45, 2.75) is 57.8 Å². The van der Waals surface area contributed by atoms with Gasteiger partial charge in [0.15, 0.2) is 6.61 Å². The molecule has 1 aliphatic heterocycles. The highest BCUT2D eigenvalue weighted by Gasteiger charge is 2.37. The van der Waals surface area contributed by atoms with Gasteiger partial charge >= 0.3 is 0 Å². The number of aliphatic hydroxyl groups excluding tert-OH is 1. The minimum atomic E-state index is -1.35. The SMILES string of the molecule is Cc1cccc(OCC(=O)NC2CCC(C(=O)N3C[C@@H](O)[C@H](F)C3)CC2)c1C. The molecule has 3 rings (SSSR count). The molecule has 2 atom stereocenters. The van der Waals surface area contributed by atoms with Crippen LogP contribution in [0.15, 0.2) is 18.2 Å². The molecule has 1 aliphatic carbocycles. The van der Waals surface area contributed by atoms with Crippen molar-refractivity contribution in [3.8, 4) is 5.75 Å². The van der Waals surface area contributed by atoms with E-state index < -0.39 is 12.3 Å². The number of aliphatic hydroxyl groups is 1. The van der Waals surface area contributed by atoms with Crippen LogP contribution >= 0.6 is 0 Å². The van der Waals surface area contributed by atoms with Gasteiger partial charge in [0.25, 0.3) is 5.91 Å². The molecule has 7 heteroatoms. The maximum absolute atomic E-state index is 13.4. The van der Waals surface area contributed by atoms with Gasteiger partial charge in [-0.1, -0.05) is 12.1 Å². The number of likely N-dealkylation sites (tertiary alicyclic amines) is 1. The number of hydrogen-bond acceptors (Lipinski definition) is 4. The lowest BCUT2D eigenvalue weighted by atomic mass is 9.85. The molecule has 2 amide bonds. The van der Waals surface area contributed by atoms with Crippen LogP contribution in [0.25, 0.3) is 0 Å². The third-order valence-corrected chi connectivity index (χ3v) is 5.89. The Kier molecular flexibility index (Phi) is 6.54. The highest BCUT2D eigenvalue weighted by Crippen LogP contribution is 2.28. The van der Waals surface area contributed by atoms with Crippen molar-refractivity contribution in [2.24, 2.45) is 5.92 Å². The molecular formula is C21H29FN2O4. The molecule has 154 valence electrons. The van der Waals surface area contributed by atoms with Crippen LogP contribution in [0.5, 0.6) is 5.75 Å². The predicted molar refractivity (Wildman–Crippen MR) is 103 cm³/mol. The minimum absolute atomic E-state index is 0.0214. The molecule has 2 fully saturated rings. The molecule has 1 saturated heterocycles. The van der Waals surface area contributed by atoms with Crippen LogP contribution in [0, 0.1) is 19.8 Å². The summed E-state index contributed by atoms with van der Waals surface area (Å²) < 4.78 is 19.1. The summed E-state index contributed by atoms with van der Waals surface area (Å²) in [5.41, 5.74) is 2.14. The molecule has 1 aromatic rings. The van der Waals surface area contributed by atoms with E-state index in [1.807, 2.05) is 32.0 Å². The Hall–Kier alpha value is -2.15. The van der Waals surface area contributed by atoms with E-state index in [0.717, 1.165) is 11.1 Å². The van der Waals surface area contributed by atoms with Crippen molar-refractivity contribution in [1.82, 2.24) is 10.2 Å². The Bertz CT molecular complexity index is 708. The van der Waals surface area contributed by atoms with Gasteiger partial charge in [-0.25, -0.2) is 4.39 Å². The predicted octanol–water partition coefficient (Wildman–Crippen LogP) is 1.90. The Morgan fingerprint density at radius 3 is 2.57 bits per heavy atom. The number of carbonyl (C=O) groups excluding carboxylic acids is 2. The van der Waals surface area contributed by atoms with Crippen LogP contribution in [-0.2, 0) is 9.59 Å². The number of alkyl halides is 1. The zero-order chi connectivity index (χ0) is 20.3. The van der Waals surface area contributed by atoms with Crippen molar-refractivity contribution in [1.29, 1.82) is 0 Å². The summed E-state index contributed by atoms with van der Waals surface area (Å²) >= 11 is 0. The van der Waals surface area contributed by atoms with Gasteiger partial charge in [0.05, 0.1) is 6.54 Å². The lowest BCUT2D eigenvalue weighted by molar-refractivity contribution is -0.136. The first kappa shape index (κ1) is 20.6. The van der Waals surface area contributed by atoms with Crippen LogP contribution in [0.2, 0.25) is 0 Å². The van der Waals surface area contributed by atoms with Crippen LogP contribution in [-0.4, -0.2) is 59.8 Å². The van der Waals surface area contributed by atoms with E-state index in [0.29, 0.717) is 31.4 Å². The van der Waals surface area contributed by atoms with Crippen molar-refractivity contribution in [2.75, 3.05) is 19.7 Å². The number of carbonyl (C=O) groups is 2. The Morgan fingerprint density at radius 1 is 1.21 bits per heavy atom. The van der Waals surface area contributed by atoms with Crippen LogP contribution in [0.3, 0.4) is 0 Å². The summed E-state index contributed by atoms with van der Waals surface area (Å²) in [6.07, 6.45) is 0.312. The number of amides is 2. The topological polar surface area (TPSA) is 78.9 Å². The summed E-state index contributed by atoms with van der Waals surface area (Å²) in [5.74, 6) is 0.307. The van der Waals surface area contributed by atoms with Gasteiger partial charge in [0.2, 0.25) is 5.91 Å². The maximum atomic E-state index is 13.4. The van der Waals surface area contributed by atoms with E-state index in [-0.39, 0.29) is 43.5 Å². The number of ether oxygens (including phenoxy) is 1. The fraction of sp³-hybridized carbons (Fsp3) is 0.619. The zero-order valence-corrected chi connectivity index (χ0v) is 16.5. The quantitative estimate of drug-likeness (QED) is 0.802. The number of nitrogens with one attached hydrogen (secondary N) is 1. The van der Waals surface area contributed by atoms with E-state index in [4.69, 9.17) is 4.74 Å². The maximum Gasteiger partial charge on any atom is 0.258 e. The first-order chi connectivity index (χ1) is 13.3. The van der Waals surface area contributed by atoms with E-state index in [1.54, 1.807) is 0 Å². The van der Waals surface area contributed by atoms with Gasteiger partial charge < -0.3 is 20.1 Å². The number of rotatable bonds is 5. The molecular weight excluding hydrogens is 363 g/mol. The molecule has 1 saturated carbocycles. The Morgan fingerprint density at radius 2 is 1.93 bits per heavy atom. The average molecular weight is 392 g/mol. The normalized spacial score (nSPS) is 27.5. The molecule has 0 radical (unpaired) electrons. The smallest absolute Gasteiger partial charge is 0.258 e. The van der Waals surface area contributed by atoms with Gasteiger partial charge in [-0.05, 0) is 56.7 Å². The first-order valence-corrected chi connectivity index (χ1v) is 9.94. The van der Waals surface area contributed by atoms with Crippen molar-refractivity contribution in [3.63, 3.8) is 0 Å². The van der Waals surface area contributed by atoms with Gasteiger partial charge in [-0.2, -0.15) is 0 Å². The van der Waals surface area contributed by atoms with Gasteiger partial charge in [0, 0.05) is 18.5 Å². The standard InChI is InChI=1S/C21H29FN2O4/c1-13-4-3-5-19(14(13)2)28-12-20(26)23-16-8-6-15(7-9-16)21(27)24-10-17(22)18(25)11-24/h3-5,15-18,25H,6-12H2,1-2H3,(H,23,26)/t15?,16?,17-,18-/m1/s1. The molecule has 0 bridgehead atoms.